The third-order valence-electron chi connectivity index (χ3n) is 8.73. The van der Waals surface area contributed by atoms with Gasteiger partial charge in [-0.1, -0.05) is 170 Å². The Hall–Kier alpha value is -5.23. The smallest absolute Gasteiger partial charge is 0.171 e. The Balaban J connectivity index is 1.35. The second-order valence-corrected chi connectivity index (χ2v) is 14.0. The summed E-state index contributed by atoms with van der Waals surface area (Å²) in [5.74, 6) is 0. The van der Waals surface area contributed by atoms with Gasteiger partial charge in [-0.3, -0.25) is 0 Å². The lowest BCUT2D eigenvalue weighted by atomic mass is 9.85. The summed E-state index contributed by atoms with van der Waals surface area (Å²) in [6.07, 6.45) is 0. The predicted octanol–water partition coefficient (Wildman–Crippen LogP) is 10.1. The van der Waals surface area contributed by atoms with Gasteiger partial charge in [0.1, 0.15) is 0 Å². The van der Waals surface area contributed by atoms with Gasteiger partial charge in [0.15, 0.2) is 7.14 Å². The molecule has 0 saturated carbocycles. The minimum absolute atomic E-state index is 0.833. The zero-order chi connectivity index (χ0) is 29.5. The fraction of sp³-hybridized carbons (Fsp3) is 0. The fourth-order valence-electron chi connectivity index (χ4n) is 6.66. The molecule has 0 unspecified atom stereocenters. The van der Waals surface area contributed by atoms with E-state index >= 15 is 0 Å². The average Bonchev–Trinajstić information content (AvgIpc) is 3.11. The van der Waals surface area contributed by atoms with Crippen molar-refractivity contribution in [2.75, 3.05) is 0 Å². The van der Waals surface area contributed by atoms with Crippen LogP contribution in [0, 0.1) is 0 Å². The van der Waals surface area contributed by atoms with Crippen molar-refractivity contribution >= 4 is 55.4 Å². The monoisotopic (exact) mass is 580 g/mol. The van der Waals surface area contributed by atoms with E-state index in [4.69, 9.17) is 0 Å². The normalized spacial score (nSPS) is 11.7. The van der Waals surface area contributed by atoms with Crippen molar-refractivity contribution < 1.29 is 4.57 Å². The Morgan fingerprint density at radius 1 is 0.318 bits per heavy atom. The lowest BCUT2D eigenvalue weighted by Gasteiger charge is -2.21. The molecule has 0 heterocycles. The van der Waals surface area contributed by atoms with Gasteiger partial charge in [0.25, 0.3) is 0 Å². The van der Waals surface area contributed by atoms with Crippen LogP contribution in [0.3, 0.4) is 0 Å². The molecule has 0 bridgehead atoms. The van der Waals surface area contributed by atoms with E-state index in [-0.39, 0.29) is 0 Å². The van der Waals surface area contributed by atoms with E-state index in [1.165, 1.54) is 49.0 Å². The summed E-state index contributed by atoms with van der Waals surface area (Å²) in [5, 5.41) is 9.85. The molecule has 0 aromatic heterocycles. The number of rotatable bonds is 5. The SMILES string of the molecule is O=P(c1ccccc1)(c1ccccc1)c1ccc(-c2c3ccccc3c(-c3ccc4ccccc4c3)c3ccccc23)cc1. The van der Waals surface area contributed by atoms with Gasteiger partial charge in [-0.25, -0.2) is 0 Å². The van der Waals surface area contributed by atoms with Crippen LogP contribution in [-0.4, -0.2) is 0 Å². The van der Waals surface area contributed by atoms with Crippen molar-refractivity contribution in [3.8, 4) is 22.3 Å². The molecule has 0 radical (unpaired) electrons. The Morgan fingerprint density at radius 3 is 1.23 bits per heavy atom. The van der Waals surface area contributed by atoms with Crippen LogP contribution in [0.2, 0.25) is 0 Å². The molecule has 0 saturated heterocycles. The summed E-state index contributed by atoms with van der Waals surface area (Å²) in [5.41, 5.74) is 4.77. The predicted molar refractivity (Wildman–Crippen MR) is 189 cm³/mol. The highest BCUT2D eigenvalue weighted by Gasteiger charge is 2.29. The first-order valence-electron chi connectivity index (χ1n) is 15.0. The molecule has 2 heteroatoms. The first-order valence-corrected chi connectivity index (χ1v) is 16.7. The third kappa shape index (κ3) is 4.29. The quantitative estimate of drug-likeness (QED) is 0.146. The van der Waals surface area contributed by atoms with Crippen LogP contribution in [0.1, 0.15) is 0 Å². The first-order chi connectivity index (χ1) is 21.7. The second-order valence-electron chi connectivity index (χ2n) is 11.2. The first kappa shape index (κ1) is 26.4. The number of fused-ring (bicyclic) bond motifs is 3. The molecule has 44 heavy (non-hydrogen) atoms. The number of benzene rings is 8. The lowest BCUT2D eigenvalue weighted by molar-refractivity contribution is 0.592. The Labute approximate surface area is 257 Å². The van der Waals surface area contributed by atoms with Gasteiger partial charge in [-0.15, -0.1) is 0 Å². The second kappa shape index (κ2) is 10.8. The van der Waals surface area contributed by atoms with Crippen molar-refractivity contribution in [3.05, 3.63) is 176 Å². The fourth-order valence-corrected chi connectivity index (χ4v) is 9.30. The summed E-state index contributed by atoms with van der Waals surface area (Å²) in [4.78, 5) is 0. The molecule has 0 atom stereocenters. The molecule has 0 aliphatic rings. The molecule has 0 amide bonds. The van der Waals surface area contributed by atoms with Crippen LogP contribution in [0.25, 0.3) is 54.6 Å². The Morgan fingerprint density at radius 2 is 0.705 bits per heavy atom. The molecule has 0 N–H and O–H groups in total. The number of hydrogen-bond donors (Lipinski definition) is 0. The van der Waals surface area contributed by atoms with Gasteiger partial charge in [0, 0.05) is 15.9 Å². The summed E-state index contributed by atoms with van der Waals surface area (Å²) >= 11 is 0. The van der Waals surface area contributed by atoms with Gasteiger partial charge < -0.3 is 4.57 Å². The van der Waals surface area contributed by atoms with E-state index in [1.807, 2.05) is 60.7 Å². The maximum Gasteiger partial charge on any atom is 0.171 e. The highest BCUT2D eigenvalue weighted by molar-refractivity contribution is 7.85. The van der Waals surface area contributed by atoms with Gasteiger partial charge in [0.2, 0.25) is 0 Å². The van der Waals surface area contributed by atoms with Gasteiger partial charge in [-0.05, 0) is 60.6 Å². The van der Waals surface area contributed by atoms with Crippen LogP contribution < -0.4 is 15.9 Å². The van der Waals surface area contributed by atoms with Gasteiger partial charge >= 0.3 is 0 Å². The molecule has 208 valence electrons. The average molecular weight is 581 g/mol. The molecule has 0 aliphatic carbocycles. The highest BCUT2D eigenvalue weighted by atomic mass is 31.2. The van der Waals surface area contributed by atoms with Crippen LogP contribution >= 0.6 is 7.14 Å². The van der Waals surface area contributed by atoms with E-state index in [2.05, 4.69) is 115 Å². The van der Waals surface area contributed by atoms with Crippen LogP contribution in [0.15, 0.2) is 176 Å². The molecular formula is C42H29OP. The van der Waals surface area contributed by atoms with E-state index < -0.39 is 7.14 Å². The minimum atomic E-state index is -3.05. The van der Waals surface area contributed by atoms with Gasteiger partial charge in [0.05, 0.1) is 0 Å². The van der Waals surface area contributed by atoms with Crippen molar-refractivity contribution in [2.45, 2.75) is 0 Å². The Kier molecular flexibility index (Phi) is 6.48. The zero-order valence-electron chi connectivity index (χ0n) is 24.1. The standard InChI is InChI=1S/C42H29OP/c43-44(34-15-3-1-4-16-34,35-17-5-2-6-18-35)36-27-25-31(26-28-36)41-37-19-9-11-21-39(37)42(40-22-12-10-20-38(40)41)33-24-23-30-13-7-8-14-32(30)29-33/h1-29H. The summed E-state index contributed by atoms with van der Waals surface area (Å²) in [6, 6.07) is 60.9. The van der Waals surface area contributed by atoms with Crippen LogP contribution in [0.4, 0.5) is 0 Å². The Bertz CT molecular complexity index is 2240. The maximum absolute atomic E-state index is 15.0. The zero-order valence-corrected chi connectivity index (χ0v) is 25.0. The molecule has 0 fully saturated rings. The van der Waals surface area contributed by atoms with Crippen molar-refractivity contribution in [3.63, 3.8) is 0 Å². The van der Waals surface area contributed by atoms with Crippen molar-refractivity contribution in [1.29, 1.82) is 0 Å². The van der Waals surface area contributed by atoms with E-state index in [9.17, 15) is 4.57 Å². The molecule has 0 aliphatic heterocycles. The largest absolute Gasteiger partial charge is 0.309 e. The van der Waals surface area contributed by atoms with Gasteiger partial charge in [-0.2, -0.15) is 0 Å². The minimum Gasteiger partial charge on any atom is -0.309 e. The molecule has 8 aromatic rings. The summed E-state index contributed by atoms with van der Waals surface area (Å²) in [7, 11) is -3.05. The molecule has 8 aromatic carbocycles. The van der Waals surface area contributed by atoms with Crippen molar-refractivity contribution in [1.82, 2.24) is 0 Å². The summed E-state index contributed by atoms with van der Waals surface area (Å²) in [6.45, 7) is 0. The van der Waals surface area contributed by atoms with Crippen LogP contribution in [-0.2, 0) is 4.57 Å². The third-order valence-corrected chi connectivity index (χ3v) is 11.8. The maximum atomic E-state index is 15.0. The molecule has 8 rings (SSSR count). The van der Waals surface area contributed by atoms with Crippen LogP contribution in [0.5, 0.6) is 0 Å². The lowest BCUT2D eigenvalue weighted by Crippen LogP contribution is -2.24. The topological polar surface area (TPSA) is 17.1 Å². The van der Waals surface area contributed by atoms with Crippen molar-refractivity contribution in [2.24, 2.45) is 0 Å². The molecule has 0 spiro atoms. The highest BCUT2D eigenvalue weighted by Crippen LogP contribution is 2.46. The summed E-state index contributed by atoms with van der Waals surface area (Å²) < 4.78 is 15.0. The van der Waals surface area contributed by atoms with E-state index in [1.54, 1.807) is 0 Å². The number of hydrogen-bond acceptors (Lipinski definition) is 1. The molecule has 1 nitrogen and oxygen atoms in total. The van der Waals surface area contributed by atoms with E-state index in [0.29, 0.717) is 0 Å². The molecular weight excluding hydrogens is 551 g/mol. The van der Waals surface area contributed by atoms with E-state index in [0.717, 1.165) is 21.5 Å².